The molecule has 0 fully saturated rings. The van der Waals surface area contributed by atoms with Crippen LogP contribution < -0.4 is 23.8 Å². The topological polar surface area (TPSA) is 113 Å². The number of hydrazone groups is 1. The normalized spacial score (nSPS) is 11.1. The molecular formula is C26H25IN2O7S. The van der Waals surface area contributed by atoms with Crippen LogP contribution in [0.5, 0.6) is 23.0 Å². The Balaban J connectivity index is 1.75. The quantitative estimate of drug-likeness (QED) is 0.107. The second-order valence-corrected chi connectivity index (χ2v) is 10.3. The van der Waals surface area contributed by atoms with Gasteiger partial charge in [0.05, 0.1) is 24.0 Å². The van der Waals surface area contributed by atoms with Crippen molar-refractivity contribution in [3.8, 4) is 23.0 Å². The highest BCUT2D eigenvalue weighted by Gasteiger charge is 2.22. The number of carbonyl (C=O) groups is 1. The molecule has 37 heavy (non-hydrogen) atoms. The third-order valence-electron chi connectivity index (χ3n) is 4.92. The lowest BCUT2D eigenvalue weighted by molar-refractivity contribution is 0.0954. The third-order valence-corrected chi connectivity index (χ3v) is 6.95. The summed E-state index contributed by atoms with van der Waals surface area (Å²) >= 11 is 1.94. The van der Waals surface area contributed by atoms with Crippen molar-refractivity contribution in [2.24, 2.45) is 5.10 Å². The molecule has 3 rings (SSSR count). The number of aryl methyl sites for hydroxylation is 1. The molecule has 3 aromatic carbocycles. The first-order valence-electron chi connectivity index (χ1n) is 10.8. The molecule has 0 heterocycles. The average molecular weight is 636 g/mol. The van der Waals surface area contributed by atoms with Gasteiger partial charge >= 0.3 is 10.1 Å². The van der Waals surface area contributed by atoms with E-state index < -0.39 is 16.0 Å². The van der Waals surface area contributed by atoms with Gasteiger partial charge in [0.25, 0.3) is 5.91 Å². The third kappa shape index (κ3) is 7.23. The molecule has 0 bridgehead atoms. The number of nitrogens with one attached hydrogen (secondary N) is 1. The van der Waals surface area contributed by atoms with Crippen molar-refractivity contribution in [3.05, 3.63) is 87.5 Å². The van der Waals surface area contributed by atoms with Crippen molar-refractivity contribution in [3.63, 3.8) is 0 Å². The van der Waals surface area contributed by atoms with Gasteiger partial charge in [-0.05, 0) is 77.5 Å². The molecule has 0 aliphatic rings. The molecule has 1 amide bonds. The fraction of sp³-hybridized carbons (Fsp3) is 0.154. The summed E-state index contributed by atoms with van der Waals surface area (Å²) in [6.07, 6.45) is 3.01. The first kappa shape index (κ1) is 28.0. The van der Waals surface area contributed by atoms with Crippen LogP contribution in [0.15, 0.2) is 77.2 Å². The van der Waals surface area contributed by atoms with Crippen LogP contribution >= 0.6 is 22.6 Å². The Morgan fingerprint density at radius 3 is 2.38 bits per heavy atom. The van der Waals surface area contributed by atoms with E-state index in [1.54, 1.807) is 42.5 Å². The van der Waals surface area contributed by atoms with Gasteiger partial charge in [-0.25, -0.2) is 5.43 Å². The lowest BCUT2D eigenvalue weighted by Crippen LogP contribution is -2.17. The van der Waals surface area contributed by atoms with Crippen LogP contribution in [0.4, 0.5) is 0 Å². The fourth-order valence-electron chi connectivity index (χ4n) is 3.06. The zero-order chi connectivity index (χ0) is 27.0. The van der Waals surface area contributed by atoms with Crippen molar-refractivity contribution < 1.29 is 31.6 Å². The van der Waals surface area contributed by atoms with Gasteiger partial charge in [-0.15, -0.1) is 0 Å². The molecule has 1 N–H and O–H groups in total. The standard InChI is InChI=1S/C26H25IN2O7S/c1-5-12-35-22-11-8-19(15-23(22)33-3)26(30)29-28-16-18-13-21(27)25(24(14-18)34-4)36-37(31,32)20-9-6-17(2)7-10-20/h5-11,13-16H,1,12H2,2-4H3,(H,29,30)/b28-16+. The largest absolute Gasteiger partial charge is 0.493 e. The Labute approximate surface area is 229 Å². The molecule has 11 heteroatoms. The van der Waals surface area contributed by atoms with Gasteiger partial charge < -0.3 is 18.4 Å². The number of hydrogen-bond acceptors (Lipinski definition) is 8. The van der Waals surface area contributed by atoms with Crippen molar-refractivity contribution in [1.29, 1.82) is 0 Å². The van der Waals surface area contributed by atoms with Crippen LogP contribution in [0.3, 0.4) is 0 Å². The van der Waals surface area contributed by atoms with E-state index in [4.69, 9.17) is 18.4 Å². The fourth-order valence-corrected chi connectivity index (χ4v) is 4.91. The SMILES string of the molecule is C=CCOc1ccc(C(=O)N/N=C/c2cc(I)c(OS(=O)(=O)c3ccc(C)cc3)c(OC)c2)cc1OC. The lowest BCUT2D eigenvalue weighted by atomic mass is 10.2. The summed E-state index contributed by atoms with van der Waals surface area (Å²) in [5.74, 6) is 0.659. The molecule has 3 aromatic rings. The first-order valence-corrected chi connectivity index (χ1v) is 13.3. The van der Waals surface area contributed by atoms with Crippen LogP contribution in [0, 0.1) is 10.5 Å². The molecule has 0 aromatic heterocycles. The minimum absolute atomic E-state index is 0.0289. The second kappa shape index (κ2) is 12.6. The van der Waals surface area contributed by atoms with Gasteiger partial charge in [0.2, 0.25) is 0 Å². The highest BCUT2D eigenvalue weighted by molar-refractivity contribution is 14.1. The van der Waals surface area contributed by atoms with Crippen molar-refractivity contribution >= 4 is 44.8 Å². The highest BCUT2D eigenvalue weighted by atomic mass is 127. The van der Waals surface area contributed by atoms with Crippen LogP contribution in [0.1, 0.15) is 21.5 Å². The zero-order valence-corrected chi connectivity index (χ0v) is 23.3. The molecule has 0 aliphatic carbocycles. The van der Waals surface area contributed by atoms with E-state index in [0.717, 1.165) is 5.56 Å². The Morgan fingerprint density at radius 2 is 1.73 bits per heavy atom. The maximum atomic E-state index is 12.7. The van der Waals surface area contributed by atoms with Gasteiger partial charge in [0.15, 0.2) is 23.0 Å². The monoisotopic (exact) mass is 636 g/mol. The molecule has 0 unspecified atom stereocenters. The molecule has 0 saturated heterocycles. The maximum Gasteiger partial charge on any atom is 0.339 e. The van der Waals surface area contributed by atoms with Crippen LogP contribution in [0.25, 0.3) is 0 Å². The molecule has 0 radical (unpaired) electrons. The first-order chi connectivity index (χ1) is 17.7. The minimum atomic E-state index is -4.07. The van der Waals surface area contributed by atoms with Crippen LogP contribution in [-0.4, -0.2) is 41.4 Å². The minimum Gasteiger partial charge on any atom is -0.493 e. The number of halogens is 1. The van der Waals surface area contributed by atoms with Crippen LogP contribution in [-0.2, 0) is 10.1 Å². The van der Waals surface area contributed by atoms with Gasteiger partial charge in [-0.3, -0.25) is 4.79 Å². The van der Waals surface area contributed by atoms with Gasteiger partial charge in [0.1, 0.15) is 11.5 Å². The molecule has 194 valence electrons. The summed E-state index contributed by atoms with van der Waals surface area (Å²) in [5, 5.41) is 3.99. The van der Waals surface area contributed by atoms with E-state index in [-0.39, 0.29) is 16.4 Å². The smallest absolute Gasteiger partial charge is 0.339 e. The van der Waals surface area contributed by atoms with E-state index in [2.05, 4.69) is 17.1 Å². The summed E-state index contributed by atoms with van der Waals surface area (Å²) in [6, 6.07) is 14.3. The van der Waals surface area contributed by atoms with E-state index in [9.17, 15) is 13.2 Å². The number of carbonyl (C=O) groups excluding carboxylic acids is 1. The average Bonchev–Trinajstić information content (AvgIpc) is 2.88. The zero-order valence-electron chi connectivity index (χ0n) is 20.4. The molecular weight excluding hydrogens is 611 g/mol. The molecule has 0 aliphatic heterocycles. The number of ether oxygens (including phenoxy) is 3. The van der Waals surface area contributed by atoms with Crippen LogP contribution in [0.2, 0.25) is 0 Å². The summed E-state index contributed by atoms with van der Waals surface area (Å²) < 4.78 is 47.5. The molecule has 9 nitrogen and oxygen atoms in total. The summed E-state index contributed by atoms with van der Waals surface area (Å²) in [4.78, 5) is 12.6. The number of benzene rings is 3. The highest BCUT2D eigenvalue weighted by Crippen LogP contribution is 2.35. The summed E-state index contributed by atoms with van der Waals surface area (Å²) in [5.41, 5.74) is 4.24. The van der Waals surface area contributed by atoms with E-state index >= 15 is 0 Å². The molecule has 0 saturated carbocycles. The number of methoxy groups -OCH3 is 2. The molecule has 0 spiro atoms. The van der Waals surface area contributed by atoms with Gasteiger partial charge in [-0.2, -0.15) is 13.5 Å². The lowest BCUT2D eigenvalue weighted by Gasteiger charge is -2.13. The Bertz CT molecular complexity index is 1420. The summed E-state index contributed by atoms with van der Waals surface area (Å²) in [6.45, 7) is 5.76. The predicted molar refractivity (Wildman–Crippen MR) is 148 cm³/mol. The number of hydrogen-bond donors (Lipinski definition) is 1. The van der Waals surface area contributed by atoms with E-state index in [1.807, 2.05) is 29.5 Å². The second-order valence-electron chi connectivity index (χ2n) is 7.55. The van der Waals surface area contributed by atoms with Crippen molar-refractivity contribution in [2.75, 3.05) is 20.8 Å². The number of amides is 1. The molecule has 0 atom stereocenters. The Kier molecular flexibility index (Phi) is 9.53. The summed E-state index contributed by atoms with van der Waals surface area (Å²) in [7, 11) is -1.20. The Hall–Kier alpha value is -3.58. The van der Waals surface area contributed by atoms with E-state index in [0.29, 0.717) is 32.8 Å². The number of rotatable bonds is 11. The predicted octanol–water partition coefficient (Wildman–Crippen LogP) is 4.71. The van der Waals surface area contributed by atoms with E-state index in [1.165, 1.54) is 38.6 Å². The maximum absolute atomic E-state index is 12.7. The van der Waals surface area contributed by atoms with Gasteiger partial charge in [-0.1, -0.05) is 30.4 Å². The Morgan fingerprint density at radius 1 is 1.03 bits per heavy atom. The number of nitrogens with zero attached hydrogens (tertiary/aromatic N) is 1. The van der Waals surface area contributed by atoms with Crippen molar-refractivity contribution in [1.82, 2.24) is 5.43 Å². The van der Waals surface area contributed by atoms with Gasteiger partial charge in [0, 0.05) is 5.56 Å². The van der Waals surface area contributed by atoms with Crippen molar-refractivity contribution in [2.45, 2.75) is 11.8 Å².